The zero-order chi connectivity index (χ0) is 16.3. The van der Waals surface area contributed by atoms with Crippen LogP contribution in [0.5, 0.6) is 0 Å². The molecule has 2 rings (SSSR count). The molecule has 23 heavy (non-hydrogen) atoms. The van der Waals surface area contributed by atoms with Crippen LogP contribution in [0.1, 0.15) is 24.8 Å². The van der Waals surface area contributed by atoms with Crippen LogP contribution in [0.3, 0.4) is 0 Å². The minimum atomic E-state index is 0.308. The lowest BCUT2D eigenvalue weighted by Gasteiger charge is -2.13. The molecule has 0 bridgehead atoms. The normalized spacial score (nSPS) is 18.2. The Balaban J connectivity index is 1.54. The van der Waals surface area contributed by atoms with Gasteiger partial charge in [0.1, 0.15) is 0 Å². The fourth-order valence-electron chi connectivity index (χ4n) is 2.42. The predicted molar refractivity (Wildman–Crippen MR) is 96.8 cm³/mol. The summed E-state index contributed by atoms with van der Waals surface area (Å²) < 4.78 is 12.3. The van der Waals surface area contributed by atoms with Crippen molar-refractivity contribution in [2.24, 2.45) is 4.99 Å². The molecule has 0 amide bonds. The third-order valence-corrected chi connectivity index (χ3v) is 4.15. The summed E-state index contributed by atoms with van der Waals surface area (Å²) in [6.07, 6.45) is 3.55. The van der Waals surface area contributed by atoms with Crippen LogP contribution in [0.25, 0.3) is 0 Å². The van der Waals surface area contributed by atoms with Crippen molar-refractivity contribution >= 4 is 21.9 Å². The quantitative estimate of drug-likeness (QED) is 0.411. The molecule has 0 aliphatic carbocycles. The number of rotatable bonds is 8. The molecule has 1 aliphatic heterocycles. The zero-order valence-corrected chi connectivity index (χ0v) is 15.3. The molecule has 1 aromatic rings. The molecule has 0 aromatic heterocycles. The van der Waals surface area contributed by atoms with E-state index in [9.17, 15) is 0 Å². The molecule has 0 radical (unpaired) electrons. The standard InChI is InChI=1S/C17H26BrN3O2/c1-19-17(21-12-14-5-2-6-15(18)11-14)20-8-4-9-22-13-16-7-3-10-23-16/h2,5-6,11,16H,3-4,7-10,12-13H2,1H3,(H2,19,20,21). The zero-order valence-electron chi connectivity index (χ0n) is 13.7. The Labute approximate surface area is 147 Å². The summed E-state index contributed by atoms with van der Waals surface area (Å²) in [5, 5.41) is 6.60. The number of nitrogens with zero attached hydrogens (tertiary/aromatic N) is 1. The molecular weight excluding hydrogens is 358 g/mol. The summed E-state index contributed by atoms with van der Waals surface area (Å²) in [6.45, 7) is 3.93. The third kappa shape index (κ3) is 7.33. The van der Waals surface area contributed by atoms with Gasteiger partial charge in [-0.25, -0.2) is 0 Å². The summed E-state index contributed by atoms with van der Waals surface area (Å²) in [6, 6.07) is 8.24. The molecule has 6 heteroatoms. The second-order valence-electron chi connectivity index (χ2n) is 5.55. The van der Waals surface area contributed by atoms with Crippen LogP contribution < -0.4 is 10.6 Å². The van der Waals surface area contributed by atoms with Crippen LogP contribution in [0.2, 0.25) is 0 Å². The Hall–Kier alpha value is -1.11. The number of nitrogens with one attached hydrogen (secondary N) is 2. The van der Waals surface area contributed by atoms with Gasteiger partial charge in [-0.05, 0) is 37.0 Å². The lowest BCUT2D eigenvalue weighted by Crippen LogP contribution is -2.37. The summed E-state index contributed by atoms with van der Waals surface area (Å²) in [4.78, 5) is 4.23. The van der Waals surface area contributed by atoms with Gasteiger partial charge in [0.15, 0.2) is 5.96 Å². The fourth-order valence-corrected chi connectivity index (χ4v) is 2.87. The van der Waals surface area contributed by atoms with E-state index in [0.717, 1.165) is 62.6 Å². The van der Waals surface area contributed by atoms with Gasteiger partial charge >= 0.3 is 0 Å². The Kier molecular flexibility index (Phi) is 8.42. The van der Waals surface area contributed by atoms with Crippen LogP contribution in [-0.4, -0.2) is 45.5 Å². The Bertz CT molecular complexity index is 490. The van der Waals surface area contributed by atoms with E-state index in [-0.39, 0.29) is 0 Å². The molecule has 0 spiro atoms. The van der Waals surface area contributed by atoms with Gasteiger partial charge in [-0.2, -0.15) is 0 Å². The van der Waals surface area contributed by atoms with E-state index in [1.165, 1.54) is 5.56 Å². The first-order chi connectivity index (χ1) is 11.3. The van der Waals surface area contributed by atoms with E-state index < -0.39 is 0 Å². The van der Waals surface area contributed by atoms with Gasteiger partial charge in [-0.15, -0.1) is 0 Å². The van der Waals surface area contributed by atoms with Crippen molar-refractivity contribution in [2.75, 3.05) is 33.4 Å². The largest absolute Gasteiger partial charge is 0.379 e. The minimum absolute atomic E-state index is 0.308. The smallest absolute Gasteiger partial charge is 0.191 e. The van der Waals surface area contributed by atoms with E-state index in [0.29, 0.717) is 6.10 Å². The van der Waals surface area contributed by atoms with Crippen LogP contribution in [-0.2, 0) is 16.0 Å². The van der Waals surface area contributed by atoms with Gasteiger partial charge < -0.3 is 20.1 Å². The number of guanidine groups is 1. The van der Waals surface area contributed by atoms with Crippen molar-refractivity contribution in [3.05, 3.63) is 34.3 Å². The number of halogens is 1. The maximum atomic E-state index is 5.64. The molecule has 0 saturated carbocycles. The highest BCUT2D eigenvalue weighted by Crippen LogP contribution is 2.12. The van der Waals surface area contributed by atoms with Crippen LogP contribution in [0, 0.1) is 0 Å². The lowest BCUT2D eigenvalue weighted by atomic mass is 10.2. The molecule has 1 atom stereocenters. The average Bonchev–Trinajstić information content (AvgIpc) is 3.07. The Morgan fingerprint density at radius 2 is 2.35 bits per heavy atom. The number of hydrogen-bond acceptors (Lipinski definition) is 3. The summed E-state index contributed by atoms with van der Waals surface area (Å²) in [7, 11) is 1.78. The van der Waals surface area contributed by atoms with Crippen LogP contribution >= 0.6 is 15.9 Å². The van der Waals surface area contributed by atoms with Gasteiger partial charge in [0.25, 0.3) is 0 Å². The Morgan fingerprint density at radius 1 is 1.43 bits per heavy atom. The van der Waals surface area contributed by atoms with Crippen molar-refractivity contribution in [1.82, 2.24) is 10.6 Å². The van der Waals surface area contributed by atoms with Gasteiger partial charge in [-0.1, -0.05) is 28.1 Å². The summed E-state index contributed by atoms with van der Waals surface area (Å²) >= 11 is 3.48. The number of aliphatic imine (C=N–C) groups is 1. The molecule has 1 fully saturated rings. The van der Waals surface area contributed by atoms with Crippen molar-refractivity contribution < 1.29 is 9.47 Å². The van der Waals surface area contributed by atoms with E-state index >= 15 is 0 Å². The number of hydrogen-bond donors (Lipinski definition) is 2. The van der Waals surface area contributed by atoms with Crippen molar-refractivity contribution in [1.29, 1.82) is 0 Å². The first-order valence-electron chi connectivity index (χ1n) is 8.16. The SMILES string of the molecule is CN=C(NCCCOCC1CCCO1)NCc1cccc(Br)c1. The monoisotopic (exact) mass is 383 g/mol. The predicted octanol–water partition coefficient (Wildman–Crippen LogP) is 2.70. The molecule has 1 aliphatic rings. The van der Waals surface area contributed by atoms with Gasteiger partial charge in [-0.3, -0.25) is 4.99 Å². The maximum absolute atomic E-state index is 5.64. The van der Waals surface area contributed by atoms with E-state index in [1.807, 2.05) is 12.1 Å². The highest BCUT2D eigenvalue weighted by Gasteiger charge is 2.14. The maximum Gasteiger partial charge on any atom is 0.191 e. The van der Waals surface area contributed by atoms with Gasteiger partial charge in [0.05, 0.1) is 12.7 Å². The Morgan fingerprint density at radius 3 is 3.09 bits per heavy atom. The van der Waals surface area contributed by atoms with E-state index in [4.69, 9.17) is 9.47 Å². The highest BCUT2D eigenvalue weighted by molar-refractivity contribution is 9.10. The summed E-state index contributed by atoms with van der Waals surface area (Å²) in [5.74, 6) is 0.809. The highest BCUT2D eigenvalue weighted by atomic mass is 79.9. The van der Waals surface area contributed by atoms with Crippen LogP contribution in [0.15, 0.2) is 33.7 Å². The molecule has 1 heterocycles. The first-order valence-corrected chi connectivity index (χ1v) is 8.95. The van der Waals surface area contributed by atoms with Gasteiger partial charge in [0, 0.05) is 37.8 Å². The number of benzene rings is 1. The summed E-state index contributed by atoms with van der Waals surface area (Å²) in [5.41, 5.74) is 1.21. The fraction of sp³-hybridized carbons (Fsp3) is 0.588. The molecule has 1 saturated heterocycles. The van der Waals surface area contributed by atoms with Gasteiger partial charge in [0.2, 0.25) is 0 Å². The van der Waals surface area contributed by atoms with Crippen molar-refractivity contribution in [2.45, 2.75) is 31.9 Å². The molecular formula is C17H26BrN3O2. The molecule has 1 unspecified atom stereocenters. The van der Waals surface area contributed by atoms with Crippen molar-refractivity contribution in [3.63, 3.8) is 0 Å². The molecule has 2 N–H and O–H groups in total. The second-order valence-corrected chi connectivity index (χ2v) is 6.46. The van der Waals surface area contributed by atoms with E-state index in [1.54, 1.807) is 7.05 Å². The van der Waals surface area contributed by atoms with E-state index in [2.05, 4.69) is 43.7 Å². The second kappa shape index (κ2) is 10.6. The minimum Gasteiger partial charge on any atom is -0.379 e. The first kappa shape index (κ1) is 18.2. The average molecular weight is 384 g/mol. The molecule has 5 nitrogen and oxygen atoms in total. The van der Waals surface area contributed by atoms with Crippen molar-refractivity contribution in [3.8, 4) is 0 Å². The lowest BCUT2D eigenvalue weighted by molar-refractivity contribution is 0.0168. The number of ether oxygens (including phenoxy) is 2. The third-order valence-electron chi connectivity index (χ3n) is 3.66. The molecule has 128 valence electrons. The molecule has 1 aromatic carbocycles. The topological polar surface area (TPSA) is 54.9 Å². The van der Waals surface area contributed by atoms with Crippen LogP contribution in [0.4, 0.5) is 0 Å².